The van der Waals surface area contributed by atoms with E-state index < -0.39 is 17.5 Å². The minimum atomic E-state index is -0.864. The monoisotopic (exact) mass is 1130 g/mol. The van der Waals surface area contributed by atoms with Gasteiger partial charge in [-0.2, -0.15) is 15.1 Å². The zero-order valence-electron chi connectivity index (χ0n) is 45.9. The van der Waals surface area contributed by atoms with Crippen molar-refractivity contribution in [1.29, 1.82) is 0 Å². The van der Waals surface area contributed by atoms with Crippen LogP contribution in [0, 0.1) is 29.2 Å². The Morgan fingerprint density at radius 1 is 0.776 bits per heavy atom. The summed E-state index contributed by atoms with van der Waals surface area (Å²) in [7, 11) is 2.00. The number of benzene rings is 2. The number of halogens is 6. The first kappa shape index (κ1) is 63.6. The smallest absolute Gasteiger partial charge is 0.226 e. The zero-order chi connectivity index (χ0) is 54.3. The van der Waals surface area contributed by atoms with Crippen LogP contribution in [0.3, 0.4) is 0 Å². The van der Waals surface area contributed by atoms with Gasteiger partial charge in [0, 0.05) is 55.2 Å². The molecule has 422 valence electrons. The number of aromatic nitrogens is 7. The molecule has 5 atom stereocenters. The first-order chi connectivity index (χ1) is 37.0. The summed E-state index contributed by atoms with van der Waals surface area (Å²) in [5.74, 6) is -1.39. The van der Waals surface area contributed by atoms with Crippen LogP contribution in [0.15, 0.2) is 55.4 Å². The Balaban J connectivity index is 0.00000347. The van der Waals surface area contributed by atoms with Crippen molar-refractivity contribution < 1.29 is 22.3 Å². The third kappa shape index (κ3) is 22.9. The van der Waals surface area contributed by atoms with E-state index >= 15 is 0 Å². The van der Waals surface area contributed by atoms with Crippen LogP contribution in [-0.2, 0) is 30.7 Å². The molecule has 1 fully saturated rings. The van der Waals surface area contributed by atoms with Crippen molar-refractivity contribution in [3.05, 3.63) is 106 Å². The van der Waals surface area contributed by atoms with E-state index in [9.17, 15) is 17.6 Å². The van der Waals surface area contributed by atoms with Gasteiger partial charge < -0.3 is 9.64 Å². The molecule has 0 spiro atoms. The van der Waals surface area contributed by atoms with Crippen LogP contribution in [0.4, 0.5) is 23.4 Å². The highest BCUT2D eigenvalue weighted by atomic mass is 35.5. The van der Waals surface area contributed by atoms with Gasteiger partial charge in [-0.05, 0) is 131 Å². The number of unbranched alkanes of at least 4 members (excludes halogenated alkanes) is 18. The summed E-state index contributed by atoms with van der Waals surface area (Å²) >= 11 is 13.2. The van der Waals surface area contributed by atoms with Gasteiger partial charge in [0.05, 0.1) is 29.9 Å². The lowest BCUT2D eigenvalue weighted by atomic mass is 10.0. The molecule has 1 aliphatic carbocycles. The highest BCUT2D eigenvalue weighted by Gasteiger charge is 2.30. The van der Waals surface area contributed by atoms with Gasteiger partial charge in [0.1, 0.15) is 29.1 Å². The Kier molecular flexibility index (Phi) is 30.9. The van der Waals surface area contributed by atoms with Gasteiger partial charge in [-0.15, -0.1) is 28.8 Å². The summed E-state index contributed by atoms with van der Waals surface area (Å²) in [6, 6.07) is 6.33. The zero-order valence-corrected chi connectivity index (χ0v) is 49.5. The minimum absolute atomic E-state index is 0.00704. The quantitative estimate of drug-likeness (QED) is 0.0128. The van der Waals surface area contributed by atoms with E-state index in [0.717, 1.165) is 134 Å². The van der Waals surface area contributed by atoms with Crippen LogP contribution in [0.2, 0.25) is 10.3 Å². The topological polar surface area (TPSA) is 86.8 Å². The van der Waals surface area contributed by atoms with Gasteiger partial charge >= 0.3 is 0 Å². The molecule has 1 saturated carbocycles. The molecule has 9 nitrogen and oxygen atoms in total. The molecule has 0 bridgehead atoms. The van der Waals surface area contributed by atoms with Crippen LogP contribution >= 0.6 is 40.4 Å². The van der Waals surface area contributed by atoms with Gasteiger partial charge in [0.2, 0.25) is 5.28 Å². The Morgan fingerprint density at radius 3 is 2.03 bits per heavy atom. The van der Waals surface area contributed by atoms with Crippen LogP contribution in [-0.4, -0.2) is 79.7 Å². The molecular weight excluding hydrogens is 1050 g/mol. The Bertz CT molecular complexity index is 2390. The predicted molar refractivity (Wildman–Crippen MR) is 314 cm³/mol. The SMILES string of the molecule is C=CC.CPCC(CC1CCC(n2ncc3c(N(CCOCCCCCCCCCCc4cn(CCCCCCCCCCCCCCc5c(F)cc(F)cc5F)nn4)Cc4ccc(F)cc4Cl)nc(Cl)nc32)C1)PC. The van der Waals surface area contributed by atoms with E-state index in [1.165, 1.54) is 108 Å². The number of allylic oxidation sites excluding steroid dienone is 1. The third-order valence-electron chi connectivity index (χ3n) is 14.7. The lowest BCUT2D eigenvalue weighted by Gasteiger charge is -2.25. The van der Waals surface area contributed by atoms with E-state index in [-0.39, 0.29) is 22.7 Å². The summed E-state index contributed by atoms with van der Waals surface area (Å²) in [6.45, 7) is 13.0. The van der Waals surface area contributed by atoms with Crippen molar-refractivity contribution in [3.8, 4) is 0 Å². The lowest BCUT2D eigenvalue weighted by molar-refractivity contribution is 0.135. The second-order valence-corrected chi connectivity index (χ2v) is 24.1. The molecule has 5 unspecified atom stereocenters. The maximum absolute atomic E-state index is 14.0. The van der Waals surface area contributed by atoms with Gasteiger partial charge in [0.25, 0.3) is 0 Å². The van der Waals surface area contributed by atoms with Gasteiger partial charge in [-0.3, -0.25) is 4.68 Å². The van der Waals surface area contributed by atoms with Crippen LogP contribution < -0.4 is 4.90 Å². The van der Waals surface area contributed by atoms with Gasteiger partial charge in [-0.25, -0.2) is 22.2 Å². The van der Waals surface area contributed by atoms with Crippen molar-refractivity contribution >= 4 is 57.2 Å². The number of hydrogen-bond acceptors (Lipinski definition) is 7. The molecule has 3 heterocycles. The molecule has 0 N–H and O–H groups in total. The van der Waals surface area contributed by atoms with Crippen molar-refractivity contribution in [2.75, 3.05) is 44.1 Å². The summed E-state index contributed by atoms with van der Waals surface area (Å²) in [5, 5.41) is 15.1. The molecule has 0 radical (unpaired) electrons. The molecule has 0 amide bonds. The third-order valence-corrected chi connectivity index (χ3v) is 17.7. The number of nitrogens with zero attached hydrogens (tertiary/aromatic N) is 8. The van der Waals surface area contributed by atoms with Crippen LogP contribution in [0.25, 0.3) is 11.0 Å². The van der Waals surface area contributed by atoms with E-state index in [2.05, 4.69) is 46.0 Å². The summed E-state index contributed by atoms with van der Waals surface area (Å²) in [6.07, 6.45) is 36.3. The second kappa shape index (κ2) is 36.9. The molecule has 6 rings (SSSR count). The van der Waals surface area contributed by atoms with Crippen molar-refractivity contribution in [1.82, 2.24) is 34.7 Å². The fourth-order valence-electron chi connectivity index (χ4n) is 10.5. The van der Waals surface area contributed by atoms with Crippen molar-refractivity contribution in [2.24, 2.45) is 5.92 Å². The largest absolute Gasteiger partial charge is 0.380 e. The summed E-state index contributed by atoms with van der Waals surface area (Å²) < 4.78 is 65.0. The fourth-order valence-corrected chi connectivity index (χ4v) is 13.6. The molecule has 0 aliphatic heterocycles. The van der Waals surface area contributed by atoms with Gasteiger partial charge in [0.15, 0.2) is 5.65 Å². The Hall–Kier alpha value is -3.21. The molecular formula is C59H88Cl2F4N8OP2. The normalized spacial score (nSPS) is 15.2. The maximum Gasteiger partial charge on any atom is 0.226 e. The van der Waals surface area contributed by atoms with E-state index in [1.807, 2.05) is 17.8 Å². The molecule has 17 heteroatoms. The molecule has 5 aromatic rings. The lowest BCUT2D eigenvalue weighted by Crippen LogP contribution is -2.28. The van der Waals surface area contributed by atoms with E-state index in [1.54, 1.807) is 12.1 Å². The molecule has 1 aliphatic rings. The highest BCUT2D eigenvalue weighted by molar-refractivity contribution is 7.42. The second-order valence-electron chi connectivity index (χ2n) is 20.8. The van der Waals surface area contributed by atoms with Crippen molar-refractivity contribution in [3.63, 3.8) is 0 Å². The van der Waals surface area contributed by atoms with Crippen molar-refractivity contribution in [2.45, 2.75) is 199 Å². The minimum Gasteiger partial charge on any atom is -0.380 e. The van der Waals surface area contributed by atoms with E-state index in [0.29, 0.717) is 49.5 Å². The number of ether oxygens (including phenoxy) is 1. The molecule has 2 aromatic carbocycles. The average molecular weight is 1130 g/mol. The van der Waals surface area contributed by atoms with Crippen LogP contribution in [0.5, 0.6) is 0 Å². The average Bonchev–Trinajstić information content (AvgIpc) is 4.17. The first-order valence-electron chi connectivity index (χ1n) is 28.6. The fraction of sp³-hybridized carbons (Fsp3) is 0.644. The summed E-state index contributed by atoms with van der Waals surface area (Å²) in [4.78, 5) is 11.6. The number of fused-ring (bicyclic) bond motifs is 1. The highest BCUT2D eigenvalue weighted by Crippen LogP contribution is 2.41. The first-order valence-corrected chi connectivity index (χ1v) is 32.7. The summed E-state index contributed by atoms with van der Waals surface area (Å²) in [5.41, 5.74) is 3.48. The molecule has 76 heavy (non-hydrogen) atoms. The predicted octanol–water partition coefficient (Wildman–Crippen LogP) is 17.5. The molecule has 3 aromatic heterocycles. The Morgan fingerprint density at radius 2 is 1.39 bits per heavy atom. The van der Waals surface area contributed by atoms with Gasteiger partial charge in [-0.1, -0.05) is 132 Å². The maximum atomic E-state index is 14.0. The number of hydrogen-bond donors (Lipinski definition) is 0. The number of rotatable bonds is 38. The molecule has 0 saturated heterocycles. The Labute approximate surface area is 466 Å². The number of aryl methyl sites for hydroxylation is 2. The standard InChI is InChI=1S/C56H82Cl2F4N8OP2.C3H6/c1-72-41-48(73-2)34-42-25-28-47(33-42)70-55-50(38-63-70)54(64-56(58)65-55)68(39-43-26-27-44(59)35-51(43)57)30-32-71-31-22-18-14-10-8-11-15-19-23-46-40-69(67-66-46)29-21-17-13-9-6-4-3-5-7-12-16-20-24-49-52(61)36-45(60)37-53(49)62;1-3-2/h26-27,35-38,40,42,47-48,72-73H,3-25,28-34,39,41H2,1-2H3;3H,1H2,2H3. The van der Waals surface area contributed by atoms with Crippen LogP contribution in [0.1, 0.15) is 184 Å². The number of anilines is 1. The van der Waals surface area contributed by atoms with E-state index in [4.69, 9.17) is 43.0 Å².